The van der Waals surface area contributed by atoms with Gasteiger partial charge in [-0.25, -0.2) is 0 Å². The van der Waals surface area contributed by atoms with Gasteiger partial charge in [0.15, 0.2) is 0 Å². The Morgan fingerprint density at radius 1 is 1.27 bits per heavy atom. The van der Waals surface area contributed by atoms with E-state index in [-0.39, 0.29) is 40.2 Å². The minimum Gasteiger partial charge on any atom is -0.506 e. The van der Waals surface area contributed by atoms with Crippen LogP contribution in [0, 0.1) is 0 Å². The van der Waals surface area contributed by atoms with Crippen LogP contribution in [-0.4, -0.2) is 50.6 Å². The lowest BCUT2D eigenvalue weighted by atomic mass is 10.2. The molecule has 26 heavy (non-hydrogen) atoms. The Morgan fingerprint density at radius 2 is 1.88 bits per heavy atom. The molecule has 1 aromatic rings. The van der Waals surface area contributed by atoms with Crippen LogP contribution in [0.4, 0.5) is 4.79 Å². The summed E-state index contributed by atoms with van der Waals surface area (Å²) in [5.41, 5.74) is 0.579. The van der Waals surface area contributed by atoms with Crippen LogP contribution in [0.15, 0.2) is 23.1 Å². The maximum Gasteiger partial charge on any atom is 0.294 e. The summed E-state index contributed by atoms with van der Waals surface area (Å²) in [7, 11) is 0. The number of amides is 3. The summed E-state index contributed by atoms with van der Waals surface area (Å²) < 4.78 is 0. The number of imide groups is 1. The lowest BCUT2D eigenvalue weighted by molar-refractivity contribution is -0.138. The third-order valence-corrected chi connectivity index (χ3v) is 5.05. The second-order valence-electron chi connectivity index (χ2n) is 6.47. The normalized spacial score (nSPS) is 16.3. The summed E-state index contributed by atoms with van der Waals surface area (Å²) in [5.74, 6) is -0.846. The number of hydrogen-bond donors (Lipinski definition) is 1. The summed E-state index contributed by atoms with van der Waals surface area (Å²) in [6.45, 7) is 7.27. The largest absolute Gasteiger partial charge is 0.506 e. The Bertz CT molecular complexity index is 768. The maximum absolute atomic E-state index is 12.5. The van der Waals surface area contributed by atoms with Crippen molar-refractivity contribution in [3.63, 3.8) is 0 Å². The predicted molar refractivity (Wildman–Crippen MR) is 103 cm³/mol. The fourth-order valence-corrected chi connectivity index (χ4v) is 3.82. The van der Waals surface area contributed by atoms with Crippen LogP contribution >= 0.6 is 23.4 Å². The number of carbonyl (C=O) groups is 3. The molecule has 1 aromatic carbocycles. The van der Waals surface area contributed by atoms with Crippen molar-refractivity contribution in [2.75, 3.05) is 6.54 Å². The molecule has 0 aliphatic carbocycles. The number of thioether (sulfide) groups is 1. The van der Waals surface area contributed by atoms with Gasteiger partial charge >= 0.3 is 0 Å². The lowest BCUT2D eigenvalue weighted by Crippen LogP contribution is -2.48. The van der Waals surface area contributed by atoms with Gasteiger partial charge in [-0.2, -0.15) is 0 Å². The van der Waals surface area contributed by atoms with Crippen molar-refractivity contribution in [1.82, 2.24) is 9.80 Å². The summed E-state index contributed by atoms with van der Waals surface area (Å²) in [6.07, 6.45) is 1.52. The smallest absolute Gasteiger partial charge is 0.294 e. The first-order chi connectivity index (χ1) is 12.1. The lowest BCUT2D eigenvalue weighted by Gasteiger charge is -2.31. The molecule has 6 nitrogen and oxygen atoms in total. The molecule has 1 N–H and O–H groups in total. The Hall–Kier alpha value is -1.99. The molecule has 0 radical (unpaired) electrons. The standard InChI is InChI=1S/C18H21ClN2O4S/c1-10(2)21(11(3)4)16(23)9-20-17(24)15(26-18(20)25)8-12-5-6-14(22)13(19)7-12/h5-8,10-11,22H,9H2,1-4H3/b15-8-. The van der Waals surface area contributed by atoms with Crippen LogP contribution in [0.2, 0.25) is 5.02 Å². The SMILES string of the molecule is CC(C)N(C(=O)CN1C(=O)S/C(=C\c2ccc(O)c(Cl)c2)C1=O)C(C)C. The van der Waals surface area contributed by atoms with E-state index in [0.717, 1.165) is 16.7 Å². The number of halogens is 1. The summed E-state index contributed by atoms with van der Waals surface area (Å²) in [6, 6.07) is 4.43. The highest BCUT2D eigenvalue weighted by Gasteiger charge is 2.37. The maximum atomic E-state index is 12.5. The van der Waals surface area contributed by atoms with Crippen molar-refractivity contribution in [2.24, 2.45) is 0 Å². The predicted octanol–water partition coefficient (Wildman–Crippen LogP) is 3.73. The fraction of sp³-hybridized carbons (Fsp3) is 0.389. The first kappa shape index (κ1) is 20.3. The van der Waals surface area contributed by atoms with Gasteiger partial charge in [0.1, 0.15) is 12.3 Å². The zero-order chi connectivity index (χ0) is 19.6. The van der Waals surface area contributed by atoms with E-state index in [1.807, 2.05) is 27.7 Å². The Balaban J connectivity index is 2.19. The zero-order valence-electron chi connectivity index (χ0n) is 15.0. The molecule has 0 atom stereocenters. The Morgan fingerprint density at radius 3 is 2.42 bits per heavy atom. The monoisotopic (exact) mass is 396 g/mol. The van der Waals surface area contributed by atoms with E-state index < -0.39 is 11.1 Å². The molecule has 1 aliphatic rings. The van der Waals surface area contributed by atoms with Crippen molar-refractivity contribution in [3.05, 3.63) is 33.7 Å². The van der Waals surface area contributed by atoms with Crippen molar-refractivity contribution < 1.29 is 19.5 Å². The molecular formula is C18H21ClN2O4S. The van der Waals surface area contributed by atoms with Crippen molar-refractivity contribution in [3.8, 4) is 5.75 Å². The average molecular weight is 397 g/mol. The molecule has 3 amide bonds. The molecule has 8 heteroatoms. The number of phenols is 1. The zero-order valence-corrected chi connectivity index (χ0v) is 16.6. The van der Waals surface area contributed by atoms with Crippen LogP contribution in [0.5, 0.6) is 5.75 Å². The van der Waals surface area contributed by atoms with Crippen LogP contribution in [0.25, 0.3) is 6.08 Å². The molecule has 1 heterocycles. The minimum atomic E-state index is -0.509. The number of phenolic OH excluding ortho intramolecular Hbond substituents is 1. The van der Waals surface area contributed by atoms with Crippen LogP contribution in [0.3, 0.4) is 0 Å². The van der Waals surface area contributed by atoms with Gasteiger partial charge in [-0.15, -0.1) is 0 Å². The Labute approximate surface area is 161 Å². The van der Waals surface area contributed by atoms with E-state index in [0.29, 0.717) is 5.56 Å². The molecule has 140 valence electrons. The third-order valence-electron chi connectivity index (χ3n) is 3.84. The van der Waals surface area contributed by atoms with E-state index in [9.17, 15) is 19.5 Å². The van der Waals surface area contributed by atoms with E-state index in [2.05, 4.69) is 0 Å². The van der Waals surface area contributed by atoms with Crippen molar-refractivity contribution >= 4 is 46.5 Å². The first-order valence-corrected chi connectivity index (χ1v) is 9.36. The van der Waals surface area contributed by atoms with E-state index in [1.54, 1.807) is 11.0 Å². The van der Waals surface area contributed by atoms with E-state index in [1.165, 1.54) is 18.2 Å². The average Bonchev–Trinajstić information content (AvgIpc) is 2.78. The fourth-order valence-electron chi connectivity index (χ4n) is 2.79. The number of benzene rings is 1. The second-order valence-corrected chi connectivity index (χ2v) is 7.87. The van der Waals surface area contributed by atoms with Gasteiger partial charge in [0, 0.05) is 12.1 Å². The van der Waals surface area contributed by atoms with E-state index >= 15 is 0 Å². The van der Waals surface area contributed by atoms with Gasteiger partial charge in [0.2, 0.25) is 5.91 Å². The van der Waals surface area contributed by atoms with Gasteiger partial charge in [-0.1, -0.05) is 17.7 Å². The summed E-state index contributed by atoms with van der Waals surface area (Å²) >= 11 is 6.64. The number of hydrogen-bond acceptors (Lipinski definition) is 5. The molecule has 1 saturated heterocycles. The first-order valence-electron chi connectivity index (χ1n) is 8.16. The molecule has 1 fully saturated rings. The van der Waals surface area contributed by atoms with Crippen LogP contribution in [-0.2, 0) is 9.59 Å². The van der Waals surface area contributed by atoms with Gasteiger partial charge in [-0.05, 0) is 63.2 Å². The third kappa shape index (κ3) is 4.40. The van der Waals surface area contributed by atoms with Gasteiger partial charge in [0.25, 0.3) is 11.1 Å². The minimum absolute atomic E-state index is 0.0305. The van der Waals surface area contributed by atoms with Gasteiger partial charge < -0.3 is 10.0 Å². The van der Waals surface area contributed by atoms with Gasteiger partial charge in [-0.3, -0.25) is 19.3 Å². The number of rotatable bonds is 5. The van der Waals surface area contributed by atoms with Gasteiger partial charge in [0.05, 0.1) is 9.93 Å². The molecule has 1 aliphatic heterocycles. The molecule has 0 aromatic heterocycles. The summed E-state index contributed by atoms with van der Waals surface area (Å²) in [5, 5.41) is 9.12. The van der Waals surface area contributed by atoms with Crippen LogP contribution < -0.4 is 0 Å². The number of aromatic hydroxyl groups is 1. The number of carbonyl (C=O) groups excluding carboxylic acids is 3. The molecule has 0 spiro atoms. The van der Waals surface area contributed by atoms with Crippen LogP contribution in [0.1, 0.15) is 33.3 Å². The second kappa shape index (κ2) is 8.14. The molecule has 0 unspecified atom stereocenters. The summed E-state index contributed by atoms with van der Waals surface area (Å²) in [4.78, 5) is 40.1. The molecule has 0 saturated carbocycles. The highest BCUT2D eigenvalue weighted by molar-refractivity contribution is 8.18. The number of nitrogens with zero attached hydrogens (tertiary/aromatic N) is 2. The highest BCUT2D eigenvalue weighted by Crippen LogP contribution is 2.33. The molecule has 0 bridgehead atoms. The topological polar surface area (TPSA) is 77.9 Å². The molecular weight excluding hydrogens is 376 g/mol. The van der Waals surface area contributed by atoms with E-state index in [4.69, 9.17) is 11.6 Å². The molecule has 2 rings (SSSR count). The van der Waals surface area contributed by atoms with Crippen molar-refractivity contribution in [2.45, 2.75) is 39.8 Å². The Kier molecular flexibility index (Phi) is 6.36. The van der Waals surface area contributed by atoms with Crippen molar-refractivity contribution in [1.29, 1.82) is 0 Å². The highest BCUT2D eigenvalue weighted by atomic mass is 35.5. The quantitative estimate of drug-likeness (QED) is 0.767.